The summed E-state index contributed by atoms with van der Waals surface area (Å²) >= 11 is 0. The molecule has 0 bridgehead atoms. The predicted molar refractivity (Wildman–Crippen MR) is 98.4 cm³/mol. The van der Waals surface area contributed by atoms with Gasteiger partial charge in [-0.1, -0.05) is 37.1 Å². The van der Waals surface area contributed by atoms with Crippen molar-refractivity contribution >= 4 is 11.8 Å². The molecule has 5 nitrogen and oxygen atoms in total. The number of ether oxygens (including phenoxy) is 1. The van der Waals surface area contributed by atoms with Crippen LogP contribution in [-0.4, -0.2) is 53.4 Å². The molecule has 0 N–H and O–H groups in total. The van der Waals surface area contributed by atoms with Gasteiger partial charge in [0.1, 0.15) is 0 Å². The van der Waals surface area contributed by atoms with Gasteiger partial charge in [0.25, 0.3) is 0 Å². The highest BCUT2D eigenvalue weighted by molar-refractivity contribution is 5.89. The van der Waals surface area contributed by atoms with E-state index in [0.29, 0.717) is 38.7 Å². The normalized spacial score (nSPS) is 24.3. The van der Waals surface area contributed by atoms with Crippen molar-refractivity contribution < 1.29 is 14.3 Å². The number of amides is 2. The van der Waals surface area contributed by atoms with Gasteiger partial charge in [0.2, 0.25) is 11.8 Å². The van der Waals surface area contributed by atoms with Gasteiger partial charge in [0.05, 0.1) is 18.6 Å². The van der Waals surface area contributed by atoms with Crippen molar-refractivity contribution in [2.75, 3.05) is 19.6 Å². The maximum absolute atomic E-state index is 12.7. The average Bonchev–Trinajstić information content (AvgIpc) is 3.24. The second-order valence-electron chi connectivity index (χ2n) is 7.99. The van der Waals surface area contributed by atoms with E-state index in [-0.39, 0.29) is 23.8 Å². The molecule has 4 rings (SSSR count). The minimum atomic E-state index is -0.152. The van der Waals surface area contributed by atoms with E-state index >= 15 is 0 Å². The first-order valence-electron chi connectivity index (χ1n) is 9.86. The largest absolute Gasteiger partial charge is 0.370 e. The first-order valence-corrected chi connectivity index (χ1v) is 9.86. The van der Waals surface area contributed by atoms with Crippen molar-refractivity contribution in [2.45, 2.75) is 57.8 Å². The summed E-state index contributed by atoms with van der Waals surface area (Å²) < 4.78 is 5.94. The minimum absolute atomic E-state index is 0.113. The van der Waals surface area contributed by atoms with Crippen molar-refractivity contribution in [1.82, 2.24) is 9.80 Å². The van der Waals surface area contributed by atoms with Gasteiger partial charge >= 0.3 is 0 Å². The summed E-state index contributed by atoms with van der Waals surface area (Å²) in [6, 6.07) is 8.60. The molecule has 2 saturated heterocycles. The molecule has 1 atom stereocenters. The topological polar surface area (TPSA) is 49.9 Å². The second kappa shape index (κ2) is 7.39. The predicted octanol–water partition coefficient (Wildman–Crippen LogP) is 2.51. The Balaban J connectivity index is 1.23. The fourth-order valence-corrected chi connectivity index (χ4v) is 4.43. The summed E-state index contributed by atoms with van der Waals surface area (Å²) in [7, 11) is 0. The molecule has 3 aliphatic rings. The molecule has 1 saturated carbocycles. The molecule has 26 heavy (non-hydrogen) atoms. The van der Waals surface area contributed by atoms with Gasteiger partial charge < -0.3 is 14.5 Å². The molecule has 1 unspecified atom stereocenters. The summed E-state index contributed by atoms with van der Waals surface area (Å²) in [6.45, 7) is 4.60. The number of nitrogens with zero attached hydrogens (tertiary/aromatic N) is 2. The zero-order chi connectivity index (χ0) is 18.1. The first kappa shape index (κ1) is 17.5. The molecule has 3 fully saturated rings. The monoisotopic (exact) mass is 356 g/mol. The number of aryl methyl sites for hydroxylation is 1. The Morgan fingerprint density at radius 1 is 1.15 bits per heavy atom. The van der Waals surface area contributed by atoms with E-state index in [0.717, 1.165) is 12.8 Å². The lowest BCUT2D eigenvalue weighted by atomic mass is 10.0. The summed E-state index contributed by atoms with van der Waals surface area (Å²) in [5.74, 6) is 0.151. The van der Waals surface area contributed by atoms with Gasteiger partial charge in [-0.05, 0) is 30.9 Å². The van der Waals surface area contributed by atoms with Gasteiger partial charge in [-0.25, -0.2) is 0 Å². The molecular formula is C21H28N2O3. The highest BCUT2D eigenvalue weighted by Crippen LogP contribution is 2.31. The van der Waals surface area contributed by atoms with Gasteiger partial charge in [0.15, 0.2) is 0 Å². The molecule has 2 heterocycles. The Hall–Kier alpha value is -1.88. The van der Waals surface area contributed by atoms with E-state index in [9.17, 15) is 9.59 Å². The molecule has 1 aliphatic carbocycles. The molecule has 5 heteroatoms. The van der Waals surface area contributed by atoms with E-state index in [2.05, 4.69) is 19.1 Å². The highest BCUT2D eigenvalue weighted by Gasteiger charge is 2.42. The number of rotatable bonds is 5. The fourth-order valence-electron chi connectivity index (χ4n) is 4.43. The summed E-state index contributed by atoms with van der Waals surface area (Å²) in [5.41, 5.74) is 2.43. The van der Waals surface area contributed by atoms with Crippen LogP contribution in [0.4, 0.5) is 0 Å². The highest BCUT2D eigenvalue weighted by atomic mass is 16.5. The van der Waals surface area contributed by atoms with Gasteiger partial charge in [-0.15, -0.1) is 0 Å². The van der Waals surface area contributed by atoms with E-state index in [1.54, 1.807) is 0 Å². The Bertz CT molecular complexity index is 678. The summed E-state index contributed by atoms with van der Waals surface area (Å²) in [5, 5.41) is 0. The number of hydrogen-bond donors (Lipinski definition) is 0. The molecule has 2 aliphatic heterocycles. The standard InChI is InChI=1S/C21H28N2O3/c1-15-6-2-3-7-16(15)14-26-19-12-22(13-19)21(25)17-10-20(24)23(11-17)18-8-4-5-9-18/h2-3,6-7,17-19H,4-5,8-14H2,1H3. The van der Waals surface area contributed by atoms with Crippen LogP contribution in [0.2, 0.25) is 0 Å². The van der Waals surface area contributed by atoms with Crippen molar-refractivity contribution in [3.8, 4) is 0 Å². The molecule has 0 spiro atoms. The van der Waals surface area contributed by atoms with Crippen LogP contribution < -0.4 is 0 Å². The van der Waals surface area contributed by atoms with Crippen LogP contribution in [0, 0.1) is 12.8 Å². The number of benzene rings is 1. The van der Waals surface area contributed by atoms with E-state index in [1.165, 1.54) is 24.0 Å². The van der Waals surface area contributed by atoms with E-state index < -0.39 is 0 Å². The zero-order valence-corrected chi connectivity index (χ0v) is 15.5. The lowest BCUT2D eigenvalue weighted by Crippen LogP contribution is -2.56. The molecule has 2 amide bonds. The number of hydrogen-bond acceptors (Lipinski definition) is 3. The Morgan fingerprint density at radius 2 is 1.88 bits per heavy atom. The Kier molecular flexibility index (Phi) is 4.98. The third-order valence-electron chi connectivity index (χ3n) is 6.17. The van der Waals surface area contributed by atoms with Gasteiger partial charge in [0, 0.05) is 32.1 Å². The number of carbonyl (C=O) groups is 2. The lowest BCUT2D eigenvalue weighted by molar-refractivity contribution is -0.150. The Labute approximate surface area is 155 Å². The van der Waals surface area contributed by atoms with Crippen molar-refractivity contribution in [3.05, 3.63) is 35.4 Å². The summed E-state index contributed by atoms with van der Waals surface area (Å²) in [6.07, 6.45) is 5.12. The molecule has 140 valence electrons. The van der Waals surface area contributed by atoms with Crippen LogP contribution in [-0.2, 0) is 20.9 Å². The van der Waals surface area contributed by atoms with Crippen LogP contribution in [0.3, 0.4) is 0 Å². The molecule has 1 aromatic carbocycles. The summed E-state index contributed by atoms with van der Waals surface area (Å²) in [4.78, 5) is 28.8. The first-order chi connectivity index (χ1) is 12.6. The molecular weight excluding hydrogens is 328 g/mol. The molecule has 1 aromatic rings. The third-order valence-corrected chi connectivity index (χ3v) is 6.17. The SMILES string of the molecule is Cc1ccccc1COC1CN(C(=O)C2CC(=O)N(C3CCCC3)C2)C1. The van der Waals surface area contributed by atoms with Crippen molar-refractivity contribution in [3.63, 3.8) is 0 Å². The molecule has 0 radical (unpaired) electrons. The number of likely N-dealkylation sites (tertiary alicyclic amines) is 2. The van der Waals surface area contributed by atoms with Gasteiger partial charge in [-0.2, -0.15) is 0 Å². The third kappa shape index (κ3) is 3.50. The number of carbonyl (C=O) groups excluding carboxylic acids is 2. The van der Waals surface area contributed by atoms with Crippen LogP contribution in [0.5, 0.6) is 0 Å². The lowest BCUT2D eigenvalue weighted by Gasteiger charge is -2.40. The van der Waals surface area contributed by atoms with E-state index in [4.69, 9.17) is 4.74 Å². The maximum atomic E-state index is 12.7. The van der Waals surface area contributed by atoms with Crippen LogP contribution in [0.25, 0.3) is 0 Å². The average molecular weight is 356 g/mol. The van der Waals surface area contributed by atoms with Crippen molar-refractivity contribution in [2.24, 2.45) is 5.92 Å². The van der Waals surface area contributed by atoms with E-state index in [1.807, 2.05) is 21.9 Å². The fraction of sp³-hybridized carbons (Fsp3) is 0.619. The molecule has 0 aromatic heterocycles. The smallest absolute Gasteiger partial charge is 0.228 e. The Morgan fingerprint density at radius 3 is 2.62 bits per heavy atom. The van der Waals surface area contributed by atoms with Crippen molar-refractivity contribution in [1.29, 1.82) is 0 Å². The van der Waals surface area contributed by atoms with Gasteiger partial charge in [-0.3, -0.25) is 9.59 Å². The van der Waals surface area contributed by atoms with Crippen LogP contribution >= 0.6 is 0 Å². The van der Waals surface area contributed by atoms with Crippen LogP contribution in [0.1, 0.15) is 43.2 Å². The zero-order valence-electron chi connectivity index (χ0n) is 15.5. The van der Waals surface area contributed by atoms with Crippen LogP contribution in [0.15, 0.2) is 24.3 Å². The maximum Gasteiger partial charge on any atom is 0.228 e. The minimum Gasteiger partial charge on any atom is -0.370 e. The second-order valence-corrected chi connectivity index (χ2v) is 7.99. The quantitative estimate of drug-likeness (QED) is 0.815.